The van der Waals surface area contributed by atoms with Crippen LogP contribution in [-0.2, 0) is 22.5 Å². The van der Waals surface area contributed by atoms with Crippen molar-refractivity contribution in [2.75, 3.05) is 26.3 Å². The zero-order valence-corrected chi connectivity index (χ0v) is 13.6. The first-order valence-electron chi connectivity index (χ1n) is 8.51. The first kappa shape index (κ1) is 15.4. The first-order chi connectivity index (χ1) is 11.8. The van der Waals surface area contributed by atoms with Gasteiger partial charge in [-0.15, -0.1) is 0 Å². The van der Waals surface area contributed by atoms with Crippen molar-refractivity contribution in [3.05, 3.63) is 47.8 Å². The Morgan fingerprint density at radius 1 is 1.33 bits per heavy atom. The summed E-state index contributed by atoms with van der Waals surface area (Å²) in [6.45, 7) is 3.58. The van der Waals surface area contributed by atoms with E-state index in [9.17, 15) is 4.79 Å². The number of para-hydroxylation sites is 1. The Bertz CT molecular complexity index is 707. The zero-order valence-electron chi connectivity index (χ0n) is 13.6. The first-order valence-corrected chi connectivity index (χ1v) is 8.51. The van der Waals surface area contributed by atoms with Gasteiger partial charge in [-0.1, -0.05) is 18.2 Å². The minimum atomic E-state index is 0.139. The van der Waals surface area contributed by atoms with E-state index in [1.165, 1.54) is 5.69 Å². The number of carbonyl (C=O) groups is 1. The van der Waals surface area contributed by atoms with Gasteiger partial charge in [0.25, 0.3) is 0 Å². The van der Waals surface area contributed by atoms with Crippen LogP contribution in [0.1, 0.15) is 17.7 Å². The molecule has 1 aromatic heterocycles. The predicted octanol–water partition coefficient (Wildman–Crippen LogP) is 1.14. The van der Waals surface area contributed by atoms with Gasteiger partial charge in [0.15, 0.2) is 0 Å². The van der Waals surface area contributed by atoms with Gasteiger partial charge in [0, 0.05) is 44.1 Å². The summed E-state index contributed by atoms with van der Waals surface area (Å²) in [5, 5.41) is 7.87. The van der Waals surface area contributed by atoms with Crippen molar-refractivity contribution < 1.29 is 9.53 Å². The maximum Gasteiger partial charge on any atom is 0.224 e. The van der Waals surface area contributed by atoms with Gasteiger partial charge >= 0.3 is 0 Å². The third kappa shape index (κ3) is 3.07. The standard InChI is InChI=1S/C18H22N4O2/c23-18(10-15-13-24-9-7-19-15)21-8-6-17-14(12-21)11-20-22(17)16-4-2-1-3-5-16/h1-5,11,15,19H,6-10,12-13H2. The van der Waals surface area contributed by atoms with Gasteiger partial charge in [-0.3, -0.25) is 4.79 Å². The number of morpholine rings is 1. The van der Waals surface area contributed by atoms with E-state index in [1.54, 1.807) is 0 Å². The van der Waals surface area contributed by atoms with Gasteiger partial charge in [0.1, 0.15) is 0 Å². The number of hydrogen-bond donors (Lipinski definition) is 1. The van der Waals surface area contributed by atoms with Crippen LogP contribution in [0.15, 0.2) is 36.5 Å². The summed E-state index contributed by atoms with van der Waals surface area (Å²) in [5.74, 6) is 0.191. The van der Waals surface area contributed by atoms with Crippen LogP contribution in [0.3, 0.4) is 0 Å². The van der Waals surface area contributed by atoms with Crippen LogP contribution in [0.2, 0.25) is 0 Å². The molecule has 1 fully saturated rings. The van der Waals surface area contributed by atoms with E-state index in [-0.39, 0.29) is 11.9 Å². The molecule has 6 heteroatoms. The molecule has 3 heterocycles. The lowest BCUT2D eigenvalue weighted by Crippen LogP contribution is -2.46. The molecule has 0 saturated carbocycles. The molecule has 0 bridgehead atoms. The second kappa shape index (κ2) is 6.75. The Kier molecular flexibility index (Phi) is 4.32. The van der Waals surface area contributed by atoms with Crippen LogP contribution in [0, 0.1) is 0 Å². The number of benzene rings is 1. The summed E-state index contributed by atoms with van der Waals surface area (Å²) >= 11 is 0. The Balaban J connectivity index is 1.45. The van der Waals surface area contributed by atoms with Gasteiger partial charge in [-0.2, -0.15) is 5.10 Å². The van der Waals surface area contributed by atoms with E-state index in [4.69, 9.17) is 4.74 Å². The lowest BCUT2D eigenvalue weighted by molar-refractivity contribution is -0.133. The number of amides is 1. The monoisotopic (exact) mass is 326 g/mol. The Labute approximate surface area is 141 Å². The molecule has 2 aromatic rings. The minimum absolute atomic E-state index is 0.139. The van der Waals surface area contributed by atoms with E-state index in [0.717, 1.165) is 37.4 Å². The van der Waals surface area contributed by atoms with Gasteiger partial charge in [-0.25, -0.2) is 4.68 Å². The number of nitrogens with one attached hydrogen (secondary N) is 1. The molecule has 1 unspecified atom stereocenters. The molecule has 126 valence electrons. The predicted molar refractivity (Wildman–Crippen MR) is 89.9 cm³/mol. The highest BCUT2D eigenvalue weighted by molar-refractivity contribution is 5.77. The number of rotatable bonds is 3. The summed E-state index contributed by atoms with van der Waals surface area (Å²) < 4.78 is 7.43. The van der Waals surface area contributed by atoms with Crippen molar-refractivity contribution in [2.24, 2.45) is 0 Å². The zero-order chi connectivity index (χ0) is 16.4. The molecule has 0 radical (unpaired) electrons. The molecule has 0 spiro atoms. The third-order valence-electron chi connectivity index (χ3n) is 4.71. The maximum atomic E-state index is 12.6. The van der Waals surface area contributed by atoms with E-state index in [2.05, 4.69) is 22.5 Å². The molecule has 1 aromatic carbocycles. The molecular weight excluding hydrogens is 304 g/mol. The molecule has 0 aliphatic carbocycles. The third-order valence-corrected chi connectivity index (χ3v) is 4.71. The number of nitrogens with zero attached hydrogens (tertiary/aromatic N) is 3. The van der Waals surface area contributed by atoms with Gasteiger partial charge < -0.3 is 15.0 Å². The van der Waals surface area contributed by atoms with Crippen LogP contribution >= 0.6 is 0 Å². The maximum absolute atomic E-state index is 12.6. The number of hydrogen-bond acceptors (Lipinski definition) is 4. The second-order valence-electron chi connectivity index (χ2n) is 6.36. The molecule has 24 heavy (non-hydrogen) atoms. The van der Waals surface area contributed by atoms with Crippen LogP contribution in [0.4, 0.5) is 0 Å². The summed E-state index contributed by atoms with van der Waals surface area (Å²) in [6, 6.07) is 10.3. The second-order valence-corrected chi connectivity index (χ2v) is 6.36. The van der Waals surface area contributed by atoms with Crippen LogP contribution < -0.4 is 5.32 Å². The van der Waals surface area contributed by atoms with Crippen molar-refractivity contribution in [3.8, 4) is 5.69 Å². The lowest BCUT2D eigenvalue weighted by Gasteiger charge is -2.30. The average molecular weight is 326 g/mol. The number of fused-ring (bicyclic) bond motifs is 1. The van der Waals surface area contributed by atoms with Crippen LogP contribution in [0.5, 0.6) is 0 Å². The lowest BCUT2D eigenvalue weighted by atomic mass is 10.1. The van der Waals surface area contributed by atoms with Gasteiger partial charge in [-0.05, 0) is 12.1 Å². The quantitative estimate of drug-likeness (QED) is 0.919. The molecule has 1 atom stereocenters. The van der Waals surface area contributed by atoms with Crippen molar-refractivity contribution in [2.45, 2.75) is 25.4 Å². The molecule has 1 N–H and O–H groups in total. The van der Waals surface area contributed by atoms with Gasteiger partial charge in [0.2, 0.25) is 5.91 Å². The highest BCUT2D eigenvalue weighted by Gasteiger charge is 2.26. The number of carbonyl (C=O) groups excluding carboxylic acids is 1. The molecule has 6 nitrogen and oxygen atoms in total. The summed E-state index contributed by atoms with van der Waals surface area (Å²) in [6.07, 6.45) is 3.23. The summed E-state index contributed by atoms with van der Waals surface area (Å²) in [5.41, 5.74) is 3.43. The molecule has 1 amide bonds. The van der Waals surface area contributed by atoms with Crippen molar-refractivity contribution in [3.63, 3.8) is 0 Å². The highest BCUT2D eigenvalue weighted by atomic mass is 16.5. The van der Waals surface area contributed by atoms with E-state index < -0.39 is 0 Å². The molecule has 2 aliphatic heterocycles. The molecule has 4 rings (SSSR count). The van der Waals surface area contributed by atoms with Crippen LogP contribution in [0.25, 0.3) is 5.69 Å². The van der Waals surface area contributed by atoms with Crippen molar-refractivity contribution >= 4 is 5.91 Å². The van der Waals surface area contributed by atoms with E-state index in [0.29, 0.717) is 19.6 Å². The summed E-state index contributed by atoms with van der Waals surface area (Å²) in [4.78, 5) is 14.5. The fourth-order valence-corrected chi connectivity index (χ4v) is 3.43. The van der Waals surface area contributed by atoms with E-state index in [1.807, 2.05) is 34.0 Å². The highest BCUT2D eigenvalue weighted by Crippen LogP contribution is 2.22. The SMILES string of the molecule is O=C(CC1COCCN1)N1CCc2c(cnn2-c2ccccc2)C1. The largest absolute Gasteiger partial charge is 0.378 e. The summed E-state index contributed by atoms with van der Waals surface area (Å²) in [7, 11) is 0. The smallest absolute Gasteiger partial charge is 0.224 e. The van der Waals surface area contributed by atoms with Crippen molar-refractivity contribution in [1.29, 1.82) is 0 Å². The Morgan fingerprint density at radius 3 is 3.00 bits per heavy atom. The number of ether oxygens (including phenoxy) is 1. The van der Waals surface area contributed by atoms with Crippen LogP contribution in [-0.4, -0.2) is 52.9 Å². The molecule has 2 aliphatic rings. The topological polar surface area (TPSA) is 59.4 Å². The molecular formula is C18H22N4O2. The van der Waals surface area contributed by atoms with Gasteiger partial charge in [0.05, 0.1) is 30.8 Å². The normalized spacial score (nSPS) is 20.7. The fraction of sp³-hybridized carbons (Fsp3) is 0.444. The number of aromatic nitrogens is 2. The Morgan fingerprint density at radius 2 is 2.21 bits per heavy atom. The van der Waals surface area contributed by atoms with Crippen molar-refractivity contribution in [1.82, 2.24) is 20.0 Å². The average Bonchev–Trinajstić information content (AvgIpc) is 3.06. The Hall–Kier alpha value is -2.18. The minimum Gasteiger partial charge on any atom is -0.378 e. The fourth-order valence-electron chi connectivity index (χ4n) is 3.43. The van der Waals surface area contributed by atoms with E-state index >= 15 is 0 Å². The molecule has 1 saturated heterocycles.